The Morgan fingerprint density at radius 1 is 1.11 bits per heavy atom. The Morgan fingerprint density at radius 2 is 1.89 bits per heavy atom. The summed E-state index contributed by atoms with van der Waals surface area (Å²) in [6, 6.07) is 15.4. The largest absolute Gasteiger partial charge is 0.493 e. The Labute approximate surface area is 165 Å². The van der Waals surface area contributed by atoms with Gasteiger partial charge in [0.2, 0.25) is 0 Å². The van der Waals surface area contributed by atoms with Crippen molar-refractivity contribution < 1.29 is 14.2 Å². The summed E-state index contributed by atoms with van der Waals surface area (Å²) in [7, 11) is 3.36. The zero-order chi connectivity index (χ0) is 19.3. The number of aromatic nitrogens is 1. The van der Waals surface area contributed by atoms with Crippen LogP contribution in [0.1, 0.15) is 29.8 Å². The van der Waals surface area contributed by atoms with Crippen molar-refractivity contribution in [2.75, 3.05) is 27.4 Å². The summed E-state index contributed by atoms with van der Waals surface area (Å²) in [6.07, 6.45) is 1.38. The number of aromatic amines is 1. The number of epoxide rings is 1. The monoisotopic (exact) mass is 378 g/mol. The van der Waals surface area contributed by atoms with Gasteiger partial charge in [-0.2, -0.15) is 0 Å². The fourth-order valence-corrected chi connectivity index (χ4v) is 4.58. The third kappa shape index (κ3) is 2.86. The Kier molecular flexibility index (Phi) is 4.29. The molecule has 0 saturated carbocycles. The van der Waals surface area contributed by atoms with Crippen molar-refractivity contribution in [3.8, 4) is 11.5 Å². The number of benzene rings is 2. The van der Waals surface area contributed by atoms with E-state index < -0.39 is 0 Å². The molecule has 5 nitrogen and oxygen atoms in total. The first-order valence-electron chi connectivity index (χ1n) is 9.88. The molecule has 0 amide bonds. The number of fused-ring (bicyclic) bond motifs is 3. The van der Waals surface area contributed by atoms with E-state index in [9.17, 15) is 0 Å². The highest BCUT2D eigenvalue weighted by atomic mass is 16.6. The van der Waals surface area contributed by atoms with Crippen molar-refractivity contribution in [3.63, 3.8) is 0 Å². The number of para-hydroxylation sites is 1. The highest BCUT2D eigenvalue weighted by Gasteiger charge is 2.39. The van der Waals surface area contributed by atoms with Crippen LogP contribution in [0.5, 0.6) is 11.5 Å². The number of hydrogen-bond donors (Lipinski definition) is 1. The van der Waals surface area contributed by atoms with Gasteiger partial charge in [-0.05, 0) is 42.7 Å². The lowest BCUT2D eigenvalue weighted by molar-refractivity contribution is 0.135. The third-order valence-electron chi connectivity index (χ3n) is 6.06. The first-order chi connectivity index (χ1) is 13.7. The lowest BCUT2D eigenvalue weighted by atomic mass is 9.88. The molecular weight excluding hydrogens is 352 g/mol. The van der Waals surface area contributed by atoms with Gasteiger partial charge in [0.25, 0.3) is 0 Å². The SMILES string of the molecule is COc1ccc(C2c3[nH]c4ccccc4c3CC(C)N2CC2CO2)cc1OC. The molecule has 28 heavy (non-hydrogen) atoms. The summed E-state index contributed by atoms with van der Waals surface area (Å²) in [5.74, 6) is 1.52. The number of nitrogens with zero attached hydrogens (tertiary/aromatic N) is 1. The maximum atomic E-state index is 5.59. The zero-order valence-electron chi connectivity index (χ0n) is 16.6. The summed E-state index contributed by atoms with van der Waals surface area (Å²) < 4.78 is 16.6. The fraction of sp³-hybridized carbons (Fsp3) is 0.391. The topological polar surface area (TPSA) is 50.0 Å². The summed E-state index contributed by atoms with van der Waals surface area (Å²) in [5.41, 5.74) is 5.12. The molecule has 0 radical (unpaired) electrons. The predicted octanol–water partition coefficient (Wildman–Crippen LogP) is 3.92. The van der Waals surface area contributed by atoms with Crippen LogP contribution in [0.4, 0.5) is 0 Å². The molecule has 146 valence electrons. The molecule has 1 aromatic heterocycles. The minimum absolute atomic E-state index is 0.134. The maximum Gasteiger partial charge on any atom is 0.161 e. The van der Waals surface area contributed by atoms with Crippen molar-refractivity contribution in [1.82, 2.24) is 9.88 Å². The second-order valence-corrected chi connectivity index (χ2v) is 7.79. The standard InChI is InChI=1S/C23H26N2O3/c1-14-10-18-17-6-4-5-7-19(17)24-22(18)23(25(14)12-16-13-28-16)15-8-9-20(26-2)21(11-15)27-3/h4-9,11,14,16,23-24H,10,12-13H2,1-3H3. The number of hydrogen-bond acceptors (Lipinski definition) is 4. The van der Waals surface area contributed by atoms with Crippen LogP contribution in [-0.4, -0.2) is 49.4 Å². The van der Waals surface area contributed by atoms with Crippen LogP contribution in [0.15, 0.2) is 42.5 Å². The molecule has 1 N–H and O–H groups in total. The Bertz CT molecular complexity index is 1010. The summed E-state index contributed by atoms with van der Waals surface area (Å²) >= 11 is 0. The average molecular weight is 378 g/mol. The maximum absolute atomic E-state index is 5.59. The second-order valence-electron chi connectivity index (χ2n) is 7.79. The molecule has 0 bridgehead atoms. The molecule has 3 aromatic rings. The summed E-state index contributed by atoms with van der Waals surface area (Å²) in [6.45, 7) is 4.12. The van der Waals surface area contributed by atoms with Gasteiger partial charge in [0.1, 0.15) is 0 Å². The van der Waals surface area contributed by atoms with Crippen molar-refractivity contribution in [3.05, 3.63) is 59.3 Å². The van der Waals surface area contributed by atoms with Gasteiger partial charge in [0.15, 0.2) is 11.5 Å². The molecule has 2 aliphatic heterocycles. The van der Waals surface area contributed by atoms with E-state index in [1.165, 1.54) is 27.7 Å². The molecule has 5 rings (SSSR count). The first-order valence-corrected chi connectivity index (χ1v) is 9.88. The number of H-pyrrole nitrogens is 1. The van der Waals surface area contributed by atoms with Gasteiger partial charge in [0, 0.05) is 29.2 Å². The van der Waals surface area contributed by atoms with Crippen LogP contribution in [-0.2, 0) is 11.2 Å². The van der Waals surface area contributed by atoms with Crippen LogP contribution in [0.25, 0.3) is 10.9 Å². The number of methoxy groups -OCH3 is 2. The first kappa shape index (κ1) is 17.6. The van der Waals surface area contributed by atoms with Crippen LogP contribution < -0.4 is 9.47 Å². The molecule has 0 spiro atoms. The molecule has 2 aromatic carbocycles. The van der Waals surface area contributed by atoms with Gasteiger partial charge >= 0.3 is 0 Å². The van der Waals surface area contributed by atoms with E-state index in [4.69, 9.17) is 14.2 Å². The normalized spacial score (nSPS) is 24.2. The Hall–Kier alpha value is -2.50. The number of rotatable bonds is 5. The lowest BCUT2D eigenvalue weighted by Crippen LogP contribution is -2.44. The van der Waals surface area contributed by atoms with Crippen LogP contribution in [0, 0.1) is 0 Å². The van der Waals surface area contributed by atoms with E-state index in [0.717, 1.165) is 31.1 Å². The lowest BCUT2D eigenvalue weighted by Gasteiger charge is -2.41. The van der Waals surface area contributed by atoms with Crippen molar-refractivity contribution in [1.29, 1.82) is 0 Å². The smallest absolute Gasteiger partial charge is 0.161 e. The van der Waals surface area contributed by atoms with Crippen LogP contribution in [0.2, 0.25) is 0 Å². The quantitative estimate of drug-likeness (QED) is 0.684. The molecule has 5 heteroatoms. The minimum Gasteiger partial charge on any atom is -0.493 e. The Balaban J connectivity index is 1.67. The van der Waals surface area contributed by atoms with Gasteiger partial charge in [-0.25, -0.2) is 0 Å². The van der Waals surface area contributed by atoms with E-state index in [-0.39, 0.29) is 6.04 Å². The van der Waals surface area contributed by atoms with Gasteiger partial charge in [-0.15, -0.1) is 0 Å². The molecule has 3 heterocycles. The van der Waals surface area contributed by atoms with E-state index in [1.807, 2.05) is 6.07 Å². The van der Waals surface area contributed by atoms with E-state index in [2.05, 4.69) is 53.2 Å². The highest BCUT2D eigenvalue weighted by molar-refractivity contribution is 5.85. The summed E-state index contributed by atoms with van der Waals surface area (Å²) in [5, 5.41) is 1.33. The predicted molar refractivity (Wildman–Crippen MR) is 109 cm³/mol. The van der Waals surface area contributed by atoms with Gasteiger partial charge in [0.05, 0.1) is 33.0 Å². The van der Waals surface area contributed by atoms with Crippen LogP contribution >= 0.6 is 0 Å². The number of nitrogens with one attached hydrogen (secondary N) is 1. The van der Waals surface area contributed by atoms with E-state index in [0.29, 0.717) is 12.1 Å². The Morgan fingerprint density at radius 3 is 2.64 bits per heavy atom. The van der Waals surface area contributed by atoms with Crippen molar-refractivity contribution in [2.45, 2.75) is 31.5 Å². The van der Waals surface area contributed by atoms with Crippen molar-refractivity contribution in [2.24, 2.45) is 0 Å². The fourth-order valence-electron chi connectivity index (χ4n) is 4.58. The molecule has 0 aliphatic carbocycles. The minimum atomic E-state index is 0.134. The van der Waals surface area contributed by atoms with Crippen molar-refractivity contribution >= 4 is 10.9 Å². The molecule has 2 aliphatic rings. The molecule has 3 unspecified atom stereocenters. The van der Waals surface area contributed by atoms with Gasteiger partial charge in [-0.1, -0.05) is 24.3 Å². The average Bonchev–Trinajstić information content (AvgIpc) is 3.47. The second kappa shape index (κ2) is 6.83. The van der Waals surface area contributed by atoms with Gasteiger partial charge < -0.3 is 19.2 Å². The van der Waals surface area contributed by atoms with Crippen LogP contribution in [0.3, 0.4) is 0 Å². The summed E-state index contributed by atoms with van der Waals surface area (Å²) in [4.78, 5) is 6.29. The highest BCUT2D eigenvalue weighted by Crippen LogP contribution is 2.43. The van der Waals surface area contributed by atoms with Gasteiger partial charge in [-0.3, -0.25) is 4.90 Å². The molecule has 1 saturated heterocycles. The van der Waals surface area contributed by atoms with E-state index >= 15 is 0 Å². The van der Waals surface area contributed by atoms with E-state index in [1.54, 1.807) is 14.2 Å². The molecule has 1 fully saturated rings. The molecular formula is C23H26N2O3. The molecule has 3 atom stereocenters. The zero-order valence-corrected chi connectivity index (χ0v) is 16.6. The number of ether oxygens (including phenoxy) is 3. The third-order valence-corrected chi connectivity index (χ3v) is 6.06.